The first kappa shape index (κ1) is 20.2. The summed E-state index contributed by atoms with van der Waals surface area (Å²) < 4.78 is 15.9. The van der Waals surface area contributed by atoms with Gasteiger partial charge in [-0.1, -0.05) is 18.2 Å². The van der Waals surface area contributed by atoms with E-state index in [4.69, 9.17) is 13.9 Å². The van der Waals surface area contributed by atoms with Crippen molar-refractivity contribution in [3.8, 4) is 11.5 Å². The van der Waals surface area contributed by atoms with Crippen LogP contribution in [-0.4, -0.2) is 37.7 Å². The largest absolute Gasteiger partial charge is 0.493 e. The molecular weight excluding hydrogens is 376 g/mol. The highest BCUT2D eigenvalue weighted by molar-refractivity contribution is 6.39. The van der Waals surface area contributed by atoms with Crippen LogP contribution in [0.15, 0.2) is 52.9 Å². The number of fused-ring (bicyclic) bond motifs is 1. The second-order valence-electron chi connectivity index (χ2n) is 6.63. The van der Waals surface area contributed by atoms with Crippen molar-refractivity contribution in [2.24, 2.45) is 0 Å². The summed E-state index contributed by atoms with van der Waals surface area (Å²) in [5.41, 5.74) is -0.495. The summed E-state index contributed by atoms with van der Waals surface area (Å²) in [5.74, 6) is -0.566. The zero-order valence-electron chi connectivity index (χ0n) is 16.3. The van der Waals surface area contributed by atoms with Gasteiger partial charge in [-0.05, 0) is 31.2 Å². The molecule has 3 N–H and O–H groups in total. The van der Waals surface area contributed by atoms with Gasteiger partial charge in [-0.2, -0.15) is 0 Å². The number of benzene rings is 2. The lowest BCUT2D eigenvalue weighted by Crippen LogP contribution is -2.43. The molecule has 8 nitrogen and oxygen atoms in total. The fourth-order valence-corrected chi connectivity index (χ4v) is 2.77. The Bertz CT molecular complexity index is 1010. The Balaban J connectivity index is 1.62. The number of ether oxygens (including phenoxy) is 2. The number of para-hydroxylation sites is 1. The summed E-state index contributed by atoms with van der Waals surface area (Å²) in [6, 6.07) is 13.7. The number of carbonyl (C=O) groups excluding carboxylic acids is 2. The molecule has 1 atom stereocenters. The first-order valence-corrected chi connectivity index (χ1v) is 8.86. The van der Waals surface area contributed by atoms with E-state index in [1.807, 2.05) is 18.2 Å². The van der Waals surface area contributed by atoms with E-state index in [1.54, 1.807) is 24.3 Å². The minimum Gasteiger partial charge on any atom is -0.493 e. The van der Waals surface area contributed by atoms with Crippen LogP contribution >= 0.6 is 0 Å². The minimum atomic E-state index is -1.49. The maximum absolute atomic E-state index is 12.2. The molecule has 3 aromatic rings. The third-order valence-corrected chi connectivity index (χ3v) is 4.40. The number of furan rings is 1. The zero-order chi connectivity index (χ0) is 21.0. The quantitative estimate of drug-likeness (QED) is 0.550. The van der Waals surface area contributed by atoms with Gasteiger partial charge in [0.1, 0.15) is 16.9 Å². The maximum atomic E-state index is 12.2. The Hall–Kier alpha value is -3.52. The fourth-order valence-electron chi connectivity index (χ4n) is 2.77. The number of hydrogen-bond donors (Lipinski definition) is 3. The van der Waals surface area contributed by atoms with Gasteiger partial charge in [-0.3, -0.25) is 9.59 Å². The number of aliphatic hydroxyl groups is 1. The van der Waals surface area contributed by atoms with Gasteiger partial charge in [0.15, 0.2) is 11.5 Å². The molecule has 0 aliphatic carbocycles. The highest BCUT2D eigenvalue weighted by Crippen LogP contribution is 2.30. The molecule has 1 unspecified atom stereocenters. The zero-order valence-corrected chi connectivity index (χ0v) is 16.3. The van der Waals surface area contributed by atoms with Gasteiger partial charge in [-0.15, -0.1) is 0 Å². The Morgan fingerprint density at radius 2 is 1.76 bits per heavy atom. The number of hydrogen-bond acceptors (Lipinski definition) is 6. The highest BCUT2D eigenvalue weighted by atomic mass is 16.5. The predicted octanol–water partition coefficient (Wildman–Crippen LogP) is 2.41. The molecule has 0 aliphatic heterocycles. The molecule has 0 radical (unpaired) electrons. The van der Waals surface area contributed by atoms with Gasteiger partial charge in [0.25, 0.3) is 0 Å². The van der Waals surface area contributed by atoms with E-state index in [-0.39, 0.29) is 6.54 Å². The molecule has 2 aromatic carbocycles. The lowest BCUT2D eigenvalue weighted by Gasteiger charge is -2.21. The van der Waals surface area contributed by atoms with E-state index in [2.05, 4.69) is 10.6 Å². The number of methoxy groups -OCH3 is 2. The molecule has 29 heavy (non-hydrogen) atoms. The molecule has 1 aromatic heterocycles. The van der Waals surface area contributed by atoms with Crippen molar-refractivity contribution in [2.45, 2.75) is 12.5 Å². The van der Waals surface area contributed by atoms with Gasteiger partial charge in [0, 0.05) is 17.1 Å². The van der Waals surface area contributed by atoms with Gasteiger partial charge in [-0.25, -0.2) is 0 Å². The van der Waals surface area contributed by atoms with E-state index in [9.17, 15) is 14.7 Å². The second kappa shape index (κ2) is 8.24. The molecule has 2 amide bonds. The number of amides is 2. The van der Waals surface area contributed by atoms with Gasteiger partial charge >= 0.3 is 11.8 Å². The van der Waals surface area contributed by atoms with Crippen LogP contribution < -0.4 is 20.1 Å². The van der Waals surface area contributed by atoms with Gasteiger partial charge < -0.3 is 29.6 Å². The van der Waals surface area contributed by atoms with E-state index < -0.39 is 17.4 Å². The van der Waals surface area contributed by atoms with Crippen molar-refractivity contribution in [3.05, 3.63) is 54.3 Å². The fraction of sp³-hybridized carbons (Fsp3) is 0.238. The van der Waals surface area contributed by atoms with Crippen molar-refractivity contribution in [3.63, 3.8) is 0 Å². The highest BCUT2D eigenvalue weighted by Gasteiger charge is 2.29. The first-order valence-electron chi connectivity index (χ1n) is 8.86. The van der Waals surface area contributed by atoms with Crippen molar-refractivity contribution in [2.75, 3.05) is 26.1 Å². The van der Waals surface area contributed by atoms with Crippen LogP contribution in [0.25, 0.3) is 11.0 Å². The van der Waals surface area contributed by atoms with Crippen LogP contribution in [0.5, 0.6) is 11.5 Å². The summed E-state index contributed by atoms with van der Waals surface area (Å²) in [7, 11) is 2.97. The van der Waals surface area contributed by atoms with Crippen LogP contribution in [0.2, 0.25) is 0 Å². The lowest BCUT2D eigenvalue weighted by atomic mass is 10.0. The van der Waals surface area contributed by atoms with Crippen molar-refractivity contribution < 1.29 is 28.6 Å². The Labute approximate surface area is 167 Å². The predicted molar refractivity (Wildman–Crippen MR) is 107 cm³/mol. The van der Waals surface area contributed by atoms with Crippen LogP contribution in [0.1, 0.15) is 12.7 Å². The SMILES string of the molecule is COc1ccc(NC(=O)C(=O)NCC(C)(O)c2cc3ccccc3o2)cc1OC. The van der Waals surface area contributed by atoms with Crippen LogP contribution in [-0.2, 0) is 15.2 Å². The number of carbonyl (C=O) groups is 2. The minimum absolute atomic E-state index is 0.203. The van der Waals surface area contributed by atoms with Crippen LogP contribution in [0.4, 0.5) is 5.69 Å². The van der Waals surface area contributed by atoms with Crippen LogP contribution in [0, 0.1) is 0 Å². The molecular formula is C21H22N2O6. The summed E-state index contributed by atoms with van der Waals surface area (Å²) in [5, 5.41) is 16.4. The van der Waals surface area contributed by atoms with Crippen molar-refractivity contribution in [1.29, 1.82) is 0 Å². The molecule has 0 saturated carbocycles. The summed E-state index contributed by atoms with van der Waals surface area (Å²) in [6.07, 6.45) is 0. The average Bonchev–Trinajstić information content (AvgIpc) is 3.17. The second-order valence-corrected chi connectivity index (χ2v) is 6.63. The van der Waals surface area contributed by atoms with E-state index >= 15 is 0 Å². The van der Waals surface area contributed by atoms with Crippen molar-refractivity contribution in [1.82, 2.24) is 5.32 Å². The first-order chi connectivity index (χ1) is 13.8. The summed E-state index contributed by atoms with van der Waals surface area (Å²) >= 11 is 0. The number of nitrogens with one attached hydrogen (secondary N) is 2. The third kappa shape index (κ3) is 4.49. The van der Waals surface area contributed by atoms with E-state index in [0.717, 1.165) is 5.39 Å². The van der Waals surface area contributed by atoms with Crippen LogP contribution in [0.3, 0.4) is 0 Å². The maximum Gasteiger partial charge on any atom is 0.313 e. The molecule has 1 heterocycles. The monoisotopic (exact) mass is 398 g/mol. The van der Waals surface area contributed by atoms with Gasteiger partial charge in [0.05, 0.1) is 20.8 Å². The standard InChI is InChI=1S/C21H22N2O6/c1-21(26,18-10-13-6-4-5-7-15(13)29-18)12-22-19(24)20(25)23-14-8-9-16(27-2)17(11-14)28-3/h4-11,26H,12H2,1-3H3,(H,22,24)(H,23,25). The molecule has 0 bridgehead atoms. The average molecular weight is 398 g/mol. The molecule has 0 saturated heterocycles. The molecule has 152 valence electrons. The Kier molecular flexibility index (Phi) is 5.74. The Morgan fingerprint density at radius 3 is 2.45 bits per heavy atom. The molecule has 0 spiro atoms. The number of anilines is 1. The summed E-state index contributed by atoms with van der Waals surface area (Å²) in [6.45, 7) is 1.29. The number of rotatable bonds is 6. The smallest absolute Gasteiger partial charge is 0.313 e. The topological polar surface area (TPSA) is 110 Å². The Morgan fingerprint density at radius 1 is 1.03 bits per heavy atom. The lowest BCUT2D eigenvalue weighted by molar-refractivity contribution is -0.136. The molecule has 3 rings (SSSR count). The summed E-state index contributed by atoms with van der Waals surface area (Å²) in [4.78, 5) is 24.3. The van der Waals surface area contributed by atoms with E-state index in [0.29, 0.717) is 28.5 Å². The van der Waals surface area contributed by atoms with E-state index in [1.165, 1.54) is 27.2 Å². The third-order valence-electron chi connectivity index (χ3n) is 4.40. The molecule has 8 heteroatoms. The van der Waals surface area contributed by atoms with Crippen molar-refractivity contribution >= 4 is 28.5 Å². The molecule has 0 aliphatic rings. The molecule has 0 fully saturated rings. The normalized spacial score (nSPS) is 12.8. The van der Waals surface area contributed by atoms with Gasteiger partial charge in [0.2, 0.25) is 0 Å².